The van der Waals surface area contributed by atoms with Crippen LogP contribution < -0.4 is 4.74 Å². The minimum Gasteiger partial charge on any atom is -0.508 e. The van der Waals surface area contributed by atoms with E-state index in [1.807, 2.05) is 30.3 Å². The molecule has 0 amide bonds. The van der Waals surface area contributed by atoms with Gasteiger partial charge in [-0.25, -0.2) is 0 Å². The molecule has 2 atom stereocenters. The zero-order valence-corrected chi connectivity index (χ0v) is 17.2. The molecule has 4 nitrogen and oxygen atoms in total. The summed E-state index contributed by atoms with van der Waals surface area (Å²) in [6.45, 7) is 2.58. The molecular formula is C26H28O4. The summed E-state index contributed by atoms with van der Waals surface area (Å²) in [4.78, 5) is 10.6. The number of phenols is 1. The Bertz CT molecular complexity index is 918. The van der Waals surface area contributed by atoms with Crippen LogP contribution in [-0.2, 0) is 4.79 Å². The van der Waals surface area contributed by atoms with Gasteiger partial charge < -0.3 is 14.9 Å². The lowest BCUT2D eigenvalue weighted by Gasteiger charge is -2.28. The molecule has 0 saturated heterocycles. The van der Waals surface area contributed by atoms with Crippen LogP contribution >= 0.6 is 0 Å². The van der Waals surface area contributed by atoms with Crippen LogP contribution in [0.4, 0.5) is 0 Å². The number of benzene rings is 3. The van der Waals surface area contributed by atoms with E-state index in [1.165, 1.54) is 11.1 Å². The van der Waals surface area contributed by atoms with E-state index >= 15 is 0 Å². The first kappa shape index (κ1) is 21.4. The topological polar surface area (TPSA) is 66.8 Å². The molecular weight excluding hydrogens is 376 g/mol. The third-order valence-electron chi connectivity index (χ3n) is 5.37. The van der Waals surface area contributed by atoms with E-state index in [2.05, 4.69) is 43.3 Å². The van der Waals surface area contributed by atoms with Gasteiger partial charge in [-0.1, -0.05) is 61.5 Å². The summed E-state index contributed by atoms with van der Waals surface area (Å²) in [7, 11) is 0. The second-order valence-electron chi connectivity index (χ2n) is 7.41. The number of hydrogen-bond acceptors (Lipinski definition) is 3. The van der Waals surface area contributed by atoms with Gasteiger partial charge in [0.25, 0.3) is 0 Å². The lowest BCUT2D eigenvalue weighted by atomic mass is 9.76. The normalized spacial score (nSPS) is 12.8. The van der Waals surface area contributed by atoms with Crippen LogP contribution in [0, 0.1) is 0 Å². The van der Waals surface area contributed by atoms with Crippen molar-refractivity contribution in [1.29, 1.82) is 0 Å². The van der Waals surface area contributed by atoms with E-state index in [9.17, 15) is 9.90 Å². The van der Waals surface area contributed by atoms with Crippen molar-refractivity contribution in [3.05, 3.63) is 95.6 Å². The third kappa shape index (κ3) is 5.63. The maximum atomic E-state index is 10.6. The van der Waals surface area contributed by atoms with Gasteiger partial charge in [-0.3, -0.25) is 4.79 Å². The lowest BCUT2D eigenvalue weighted by molar-refractivity contribution is -0.137. The van der Waals surface area contributed by atoms with Crippen molar-refractivity contribution < 1.29 is 19.7 Å². The summed E-state index contributed by atoms with van der Waals surface area (Å²) >= 11 is 0. The average Bonchev–Trinajstić information content (AvgIpc) is 2.77. The van der Waals surface area contributed by atoms with Gasteiger partial charge in [0.15, 0.2) is 0 Å². The highest BCUT2D eigenvalue weighted by atomic mass is 16.5. The number of carboxylic acids is 1. The first-order chi connectivity index (χ1) is 14.6. The van der Waals surface area contributed by atoms with Gasteiger partial charge >= 0.3 is 5.97 Å². The molecule has 0 aliphatic rings. The molecule has 3 aromatic carbocycles. The zero-order chi connectivity index (χ0) is 21.3. The van der Waals surface area contributed by atoms with Gasteiger partial charge in [0, 0.05) is 12.3 Å². The largest absolute Gasteiger partial charge is 0.508 e. The minimum absolute atomic E-state index is 0.107. The minimum atomic E-state index is -0.808. The number of carbonyl (C=O) groups is 1. The lowest BCUT2D eigenvalue weighted by Crippen LogP contribution is -2.12. The summed E-state index contributed by atoms with van der Waals surface area (Å²) in [5, 5.41) is 18.5. The zero-order valence-electron chi connectivity index (χ0n) is 17.2. The molecule has 0 radical (unpaired) electrons. The Morgan fingerprint density at radius 3 is 2.03 bits per heavy atom. The smallest absolute Gasteiger partial charge is 0.303 e. The molecule has 3 rings (SSSR count). The maximum absolute atomic E-state index is 10.6. The first-order valence-electron chi connectivity index (χ1n) is 10.4. The predicted octanol–water partition coefficient (Wildman–Crippen LogP) is 5.96. The van der Waals surface area contributed by atoms with Crippen LogP contribution in [0.1, 0.15) is 54.7 Å². The molecule has 0 spiro atoms. The molecule has 2 N–H and O–H groups in total. The Hall–Kier alpha value is -3.27. The number of phenolic OH excluding ortho intramolecular Hbond substituents is 1. The molecule has 4 heteroatoms. The van der Waals surface area contributed by atoms with Crippen LogP contribution in [-0.4, -0.2) is 22.8 Å². The Balaban J connectivity index is 1.86. The molecule has 0 aliphatic carbocycles. The summed E-state index contributed by atoms with van der Waals surface area (Å²) in [5.41, 5.74) is 3.61. The summed E-state index contributed by atoms with van der Waals surface area (Å²) < 4.78 is 5.69. The predicted molar refractivity (Wildman–Crippen MR) is 118 cm³/mol. The summed E-state index contributed by atoms with van der Waals surface area (Å²) in [5.74, 6) is 0.617. The number of carboxylic acid groups (broad SMARTS) is 1. The summed E-state index contributed by atoms with van der Waals surface area (Å²) in [6.07, 6.45) is 1.57. The Kier molecular flexibility index (Phi) is 7.50. The van der Waals surface area contributed by atoms with E-state index in [-0.39, 0.29) is 24.0 Å². The number of ether oxygens (including phenoxy) is 1. The number of aromatic hydroxyl groups is 1. The van der Waals surface area contributed by atoms with Gasteiger partial charge in [0.1, 0.15) is 11.5 Å². The highest BCUT2D eigenvalue weighted by Crippen LogP contribution is 2.41. The van der Waals surface area contributed by atoms with Crippen LogP contribution in [0.25, 0.3) is 0 Å². The molecule has 3 aromatic rings. The van der Waals surface area contributed by atoms with Crippen molar-refractivity contribution >= 4 is 5.97 Å². The van der Waals surface area contributed by atoms with Crippen molar-refractivity contribution in [3.63, 3.8) is 0 Å². The van der Waals surface area contributed by atoms with Crippen molar-refractivity contribution in [2.75, 3.05) is 6.61 Å². The van der Waals surface area contributed by atoms with Crippen LogP contribution in [0.5, 0.6) is 11.5 Å². The fourth-order valence-electron chi connectivity index (χ4n) is 3.89. The fraction of sp³-hybridized carbons (Fsp3) is 0.269. The second-order valence-corrected chi connectivity index (χ2v) is 7.41. The Morgan fingerprint density at radius 2 is 1.47 bits per heavy atom. The van der Waals surface area contributed by atoms with Gasteiger partial charge in [0.05, 0.1) is 6.61 Å². The average molecular weight is 405 g/mol. The monoisotopic (exact) mass is 404 g/mol. The molecule has 0 heterocycles. The molecule has 0 aliphatic heterocycles. The first-order valence-corrected chi connectivity index (χ1v) is 10.4. The van der Waals surface area contributed by atoms with Gasteiger partial charge in [-0.2, -0.15) is 0 Å². The highest BCUT2D eigenvalue weighted by Gasteiger charge is 2.25. The molecule has 0 fully saturated rings. The number of rotatable bonds is 10. The number of aliphatic carboxylic acids is 1. The fourth-order valence-corrected chi connectivity index (χ4v) is 3.89. The molecule has 0 aromatic heterocycles. The van der Waals surface area contributed by atoms with E-state index in [0.29, 0.717) is 13.0 Å². The molecule has 0 unspecified atom stereocenters. The van der Waals surface area contributed by atoms with Crippen LogP contribution in [0.2, 0.25) is 0 Å². The highest BCUT2D eigenvalue weighted by molar-refractivity contribution is 5.66. The van der Waals surface area contributed by atoms with Gasteiger partial charge in [-0.05, 0) is 59.7 Å². The van der Waals surface area contributed by atoms with E-state index in [1.54, 1.807) is 12.1 Å². The molecule has 0 bridgehead atoms. The van der Waals surface area contributed by atoms with Crippen molar-refractivity contribution in [3.8, 4) is 11.5 Å². The van der Waals surface area contributed by atoms with Crippen molar-refractivity contribution in [2.45, 2.75) is 38.0 Å². The maximum Gasteiger partial charge on any atom is 0.303 e. The second kappa shape index (κ2) is 10.5. The van der Waals surface area contributed by atoms with Crippen molar-refractivity contribution in [2.24, 2.45) is 0 Å². The third-order valence-corrected chi connectivity index (χ3v) is 5.37. The number of hydrogen-bond donors (Lipinski definition) is 2. The quantitative estimate of drug-likeness (QED) is 0.409. The van der Waals surface area contributed by atoms with E-state index in [4.69, 9.17) is 9.84 Å². The molecule has 30 heavy (non-hydrogen) atoms. The van der Waals surface area contributed by atoms with Gasteiger partial charge in [-0.15, -0.1) is 0 Å². The standard InChI is InChI=1S/C26H28O4/c1-2-24(19-7-4-3-5-8-19)26(20-10-14-22(27)15-11-20)21-12-16-23(17-13-21)30-18-6-9-25(28)29/h3-5,7-8,10-17,24,26-27H,2,6,9,18H2,1H3,(H,28,29)/t24-,26+/m1/s1. The SMILES string of the molecule is CC[C@H](c1ccccc1)[C@@H](c1ccc(O)cc1)c1ccc(OCCCC(=O)O)cc1. The Labute approximate surface area is 177 Å². The molecule has 0 saturated carbocycles. The Morgan fingerprint density at radius 1 is 0.867 bits per heavy atom. The van der Waals surface area contributed by atoms with Gasteiger partial charge in [0.2, 0.25) is 0 Å². The summed E-state index contributed by atoms with van der Waals surface area (Å²) in [6, 6.07) is 26.0. The van der Waals surface area contributed by atoms with E-state index < -0.39 is 5.97 Å². The molecule has 156 valence electrons. The van der Waals surface area contributed by atoms with E-state index in [0.717, 1.165) is 17.7 Å². The van der Waals surface area contributed by atoms with Crippen LogP contribution in [0.15, 0.2) is 78.9 Å². The van der Waals surface area contributed by atoms with Crippen molar-refractivity contribution in [1.82, 2.24) is 0 Å². The van der Waals surface area contributed by atoms with Crippen LogP contribution in [0.3, 0.4) is 0 Å².